The van der Waals surface area contributed by atoms with E-state index in [4.69, 9.17) is 12.2 Å². The highest BCUT2D eigenvalue weighted by molar-refractivity contribution is 7.71. The van der Waals surface area contributed by atoms with Crippen LogP contribution in [0.2, 0.25) is 0 Å². The summed E-state index contributed by atoms with van der Waals surface area (Å²) < 4.78 is 1.92. The highest BCUT2D eigenvalue weighted by Gasteiger charge is 2.23. The zero-order chi connectivity index (χ0) is 18.4. The van der Waals surface area contributed by atoms with Crippen molar-refractivity contribution in [2.75, 3.05) is 0 Å². The number of fused-ring (bicyclic) bond motifs is 2. The lowest BCUT2D eigenvalue weighted by Crippen LogP contribution is -1.98. The number of H-pyrrole nitrogens is 2. The van der Waals surface area contributed by atoms with Crippen molar-refractivity contribution in [2.45, 2.75) is 19.3 Å². The summed E-state index contributed by atoms with van der Waals surface area (Å²) in [6, 6.07) is 11.4. The summed E-state index contributed by atoms with van der Waals surface area (Å²) in [5.74, 6) is 0.727. The van der Waals surface area contributed by atoms with Gasteiger partial charge >= 0.3 is 0 Å². The van der Waals surface area contributed by atoms with Crippen LogP contribution in [0.25, 0.3) is 22.3 Å². The summed E-state index contributed by atoms with van der Waals surface area (Å²) in [6.07, 6.45) is 4.68. The van der Waals surface area contributed by atoms with Crippen molar-refractivity contribution in [3.05, 3.63) is 58.0 Å². The number of benzene rings is 2. The Labute approximate surface area is 159 Å². The van der Waals surface area contributed by atoms with E-state index in [2.05, 4.69) is 25.5 Å². The molecule has 8 heteroatoms. The second-order valence-corrected chi connectivity index (χ2v) is 6.90. The van der Waals surface area contributed by atoms with Crippen molar-refractivity contribution < 1.29 is 5.11 Å². The molecule has 2 aromatic carbocycles. The normalized spacial score (nSPS) is 13.6. The van der Waals surface area contributed by atoms with E-state index in [-0.39, 0.29) is 5.75 Å². The van der Waals surface area contributed by atoms with Gasteiger partial charge in [-0.1, -0.05) is 30.3 Å². The van der Waals surface area contributed by atoms with Crippen molar-refractivity contribution in [3.63, 3.8) is 0 Å². The number of hydrogen-bond acceptors (Lipinski definition) is 5. The van der Waals surface area contributed by atoms with E-state index in [1.54, 1.807) is 17.0 Å². The Morgan fingerprint density at radius 3 is 2.93 bits per heavy atom. The van der Waals surface area contributed by atoms with Gasteiger partial charge in [-0.2, -0.15) is 20.0 Å². The number of phenolic OH excluding ortho intramolecular Hbond substituents is 1. The van der Waals surface area contributed by atoms with E-state index in [0.29, 0.717) is 16.2 Å². The van der Waals surface area contributed by atoms with Crippen molar-refractivity contribution in [1.29, 1.82) is 0 Å². The number of phenols is 1. The van der Waals surface area contributed by atoms with Crippen molar-refractivity contribution in [1.82, 2.24) is 25.1 Å². The molecule has 0 amide bonds. The Bertz CT molecular complexity index is 1250. The fraction of sp³-hybridized carbons (Fsp3) is 0.158. The van der Waals surface area contributed by atoms with E-state index < -0.39 is 0 Å². The lowest BCUT2D eigenvalue weighted by Gasteiger charge is -2.05. The highest BCUT2D eigenvalue weighted by Crippen LogP contribution is 2.29. The second kappa shape index (κ2) is 6.17. The van der Waals surface area contributed by atoms with Crippen molar-refractivity contribution >= 4 is 29.2 Å². The van der Waals surface area contributed by atoms with Gasteiger partial charge in [0.15, 0.2) is 0 Å². The number of nitrogens with one attached hydrogen (secondary N) is 2. The third kappa shape index (κ3) is 2.57. The van der Waals surface area contributed by atoms with Crippen LogP contribution < -0.4 is 0 Å². The predicted octanol–water partition coefficient (Wildman–Crippen LogP) is 3.56. The zero-order valence-electron chi connectivity index (χ0n) is 14.3. The molecule has 0 aliphatic heterocycles. The average molecular weight is 376 g/mol. The topological polar surface area (TPSA) is 94.9 Å². The molecule has 27 heavy (non-hydrogen) atoms. The Morgan fingerprint density at radius 1 is 1.11 bits per heavy atom. The molecular formula is C19H16N6OS. The maximum Gasteiger partial charge on any atom is 0.216 e. The summed E-state index contributed by atoms with van der Waals surface area (Å²) in [4.78, 5) is 0. The summed E-state index contributed by atoms with van der Waals surface area (Å²) in [5, 5.41) is 31.4. The Morgan fingerprint density at radius 2 is 2.00 bits per heavy atom. The number of aromatic nitrogens is 5. The second-order valence-electron chi connectivity index (χ2n) is 6.51. The van der Waals surface area contributed by atoms with Gasteiger partial charge in [-0.3, -0.25) is 5.10 Å². The molecule has 5 rings (SSSR count). The fourth-order valence-corrected chi connectivity index (χ4v) is 3.77. The van der Waals surface area contributed by atoms with Gasteiger partial charge in [0.1, 0.15) is 11.4 Å². The number of aryl methyl sites for hydroxylation is 1. The van der Waals surface area contributed by atoms with Crippen LogP contribution in [0.5, 0.6) is 5.75 Å². The van der Waals surface area contributed by atoms with Crippen LogP contribution in [0.15, 0.2) is 41.5 Å². The van der Waals surface area contributed by atoms with Gasteiger partial charge in [0, 0.05) is 16.8 Å². The van der Waals surface area contributed by atoms with Crippen LogP contribution in [-0.4, -0.2) is 36.4 Å². The molecule has 0 saturated heterocycles. The monoisotopic (exact) mass is 376 g/mol. The van der Waals surface area contributed by atoms with E-state index in [0.717, 1.165) is 41.4 Å². The Kier molecular flexibility index (Phi) is 3.64. The molecule has 2 aromatic heterocycles. The van der Waals surface area contributed by atoms with Crippen LogP contribution in [0.3, 0.4) is 0 Å². The first-order valence-electron chi connectivity index (χ1n) is 8.71. The molecule has 0 unspecified atom stereocenters. The van der Waals surface area contributed by atoms with Gasteiger partial charge in [-0.05, 0) is 48.3 Å². The van der Waals surface area contributed by atoms with Gasteiger partial charge in [-0.15, -0.1) is 0 Å². The lowest BCUT2D eigenvalue weighted by molar-refractivity contribution is 0.475. The molecule has 4 aromatic rings. The molecule has 0 bridgehead atoms. The van der Waals surface area contributed by atoms with E-state index >= 15 is 0 Å². The van der Waals surface area contributed by atoms with Crippen LogP contribution in [0, 0.1) is 4.77 Å². The number of aromatic amines is 2. The Balaban J connectivity index is 1.63. The fourth-order valence-electron chi connectivity index (χ4n) is 3.59. The third-order valence-electron chi connectivity index (χ3n) is 4.92. The maximum absolute atomic E-state index is 10.3. The molecular weight excluding hydrogens is 360 g/mol. The third-order valence-corrected chi connectivity index (χ3v) is 5.18. The Hall–Kier alpha value is -3.26. The van der Waals surface area contributed by atoms with E-state index in [1.165, 1.54) is 5.56 Å². The van der Waals surface area contributed by atoms with Crippen LogP contribution >= 0.6 is 12.2 Å². The molecule has 0 radical (unpaired) electrons. The minimum Gasteiger partial charge on any atom is -0.507 e. The summed E-state index contributed by atoms with van der Waals surface area (Å²) in [7, 11) is 0. The SMILES string of the molecule is Oc1ccc2ccccc2c1/C=N\n1c(-c2n[nH]c3c2CCC3)n[nH]c1=S. The molecule has 1 aliphatic carbocycles. The molecule has 0 fully saturated rings. The molecule has 1 aliphatic rings. The number of aromatic hydroxyl groups is 1. The first-order valence-corrected chi connectivity index (χ1v) is 9.12. The van der Waals surface area contributed by atoms with E-state index in [9.17, 15) is 5.11 Å². The first kappa shape index (κ1) is 16.0. The molecule has 7 nitrogen and oxygen atoms in total. The molecule has 0 saturated carbocycles. The minimum absolute atomic E-state index is 0.162. The molecule has 2 heterocycles. The van der Waals surface area contributed by atoms with Gasteiger partial charge < -0.3 is 5.11 Å². The highest BCUT2D eigenvalue weighted by atomic mass is 32.1. The summed E-state index contributed by atoms with van der Waals surface area (Å²) in [6.45, 7) is 0. The maximum atomic E-state index is 10.3. The largest absolute Gasteiger partial charge is 0.507 e. The van der Waals surface area contributed by atoms with Crippen LogP contribution in [0.1, 0.15) is 23.2 Å². The zero-order valence-corrected chi connectivity index (χ0v) is 15.1. The molecule has 0 atom stereocenters. The van der Waals surface area contributed by atoms with Gasteiger partial charge in [0.25, 0.3) is 0 Å². The lowest BCUT2D eigenvalue weighted by atomic mass is 10.0. The number of hydrogen-bond donors (Lipinski definition) is 3. The minimum atomic E-state index is 0.162. The number of rotatable bonds is 3. The first-order chi connectivity index (χ1) is 13.2. The van der Waals surface area contributed by atoms with Gasteiger partial charge in [0.05, 0.1) is 6.21 Å². The molecule has 134 valence electrons. The molecule has 3 N–H and O–H groups in total. The average Bonchev–Trinajstić information content (AvgIpc) is 3.37. The van der Waals surface area contributed by atoms with Crippen molar-refractivity contribution in [3.8, 4) is 17.3 Å². The quantitative estimate of drug-likeness (QED) is 0.376. The standard InChI is InChI=1S/C19H16N6OS/c26-16-9-8-11-4-1-2-5-12(11)14(16)10-20-25-18(23-24-19(25)27)17-13-6-3-7-15(13)21-22-17/h1-2,4-5,8-10,26H,3,6-7H2,(H,21,22)(H,24,27)/b20-10-. The molecule has 0 spiro atoms. The van der Waals surface area contributed by atoms with Crippen molar-refractivity contribution in [2.24, 2.45) is 5.10 Å². The van der Waals surface area contributed by atoms with E-state index in [1.807, 2.05) is 30.3 Å². The summed E-state index contributed by atoms with van der Waals surface area (Å²) in [5.41, 5.74) is 3.73. The predicted molar refractivity (Wildman–Crippen MR) is 106 cm³/mol. The summed E-state index contributed by atoms with van der Waals surface area (Å²) >= 11 is 5.35. The van der Waals surface area contributed by atoms with Gasteiger partial charge in [0.2, 0.25) is 10.6 Å². The van der Waals surface area contributed by atoms with Crippen LogP contribution in [-0.2, 0) is 12.8 Å². The smallest absolute Gasteiger partial charge is 0.216 e. The van der Waals surface area contributed by atoms with Gasteiger partial charge in [-0.25, -0.2) is 5.10 Å². The van der Waals surface area contributed by atoms with Crippen LogP contribution in [0.4, 0.5) is 0 Å². The number of nitrogens with zero attached hydrogens (tertiary/aromatic N) is 4.